The fraction of sp³-hybridized carbons (Fsp3) is 1.00. The van der Waals surface area contributed by atoms with Gasteiger partial charge >= 0.3 is 0 Å². The van der Waals surface area contributed by atoms with Crippen LogP contribution >= 0.6 is 0 Å². The molecule has 0 amide bonds. The largest absolute Gasteiger partial charge is 0.390 e. The normalized spacial score (nSPS) is 22.5. The van der Waals surface area contributed by atoms with Gasteiger partial charge in [-0.3, -0.25) is 4.84 Å². The molecule has 0 spiro atoms. The highest BCUT2D eigenvalue weighted by atomic mass is 16.7. The van der Waals surface area contributed by atoms with Crippen LogP contribution in [0.25, 0.3) is 0 Å². The quantitative estimate of drug-likeness (QED) is 0.738. The summed E-state index contributed by atoms with van der Waals surface area (Å²) in [6.07, 6.45) is 4.95. The lowest BCUT2D eigenvalue weighted by atomic mass is 9.87. The van der Waals surface area contributed by atoms with Crippen molar-refractivity contribution in [3.05, 3.63) is 0 Å². The third-order valence-corrected chi connectivity index (χ3v) is 2.96. The molecule has 3 nitrogen and oxygen atoms in total. The smallest absolute Gasteiger partial charge is 0.0674 e. The topological polar surface area (TPSA) is 32.7 Å². The molecule has 0 aromatic rings. The molecule has 1 fully saturated rings. The van der Waals surface area contributed by atoms with Gasteiger partial charge in [0.15, 0.2) is 0 Å². The monoisotopic (exact) mass is 201 g/mol. The molecule has 84 valence electrons. The van der Waals surface area contributed by atoms with Gasteiger partial charge < -0.3 is 5.11 Å². The molecule has 0 saturated carbocycles. The van der Waals surface area contributed by atoms with Crippen LogP contribution in [0, 0.1) is 0 Å². The Balaban J connectivity index is 2.25. The summed E-state index contributed by atoms with van der Waals surface area (Å²) in [7, 11) is 0. The van der Waals surface area contributed by atoms with E-state index in [0.29, 0.717) is 0 Å². The molecule has 1 rings (SSSR count). The number of rotatable bonds is 5. The zero-order valence-electron chi connectivity index (χ0n) is 9.46. The average Bonchev–Trinajstić information content (AvgIpc) is 2.20. The van der Waals surface area contributed by atoms with Gasteiger partial charge in [-0.05, 0) is 26.2 Å². The van der Waals surface area contributed by atoms with Crippen LogP contribution < -0.4 is 0 Å². The van der Waals surface area contributed by atoms with Crippen molar-refractivity contribution in [2.45, 2.75) is 51.6 Å². The van der Waals surface area contributed by atoms with E-state index in [1.165, 1.54) is 0 Å². The highest BCUT2D eigenvalue weighted by Gasteiger charge is 2.31. The van der Waals surface area contributed by atoms with Crippen molar-refractivity contribution in [1.29, 1.82) is 0 Å². The SMILES string of the molecule is CCCCC1(O)CCN(OCC)CC1. The third-order valence-electron chi connectivity index (χ3n) is 2.96. The number of hydroxylamine groups is 2. The summed E-state index contributed by atoms with van der Waals surface area (Å²) in [4.78, 5) is 5.40. The molecule has 0 atom stereocenters. The van der Waals surface area contributed by atoms with Crippen molar-refractivity contribution < 1.29 is 9.94 Å². The molecule has 1 aliphatic heterocycles. The fourth-order valence-electron chi connectivity index (χ4n) is 1.97. The summed E-state index contributed by atoms with van der Waals surface area (Å²) in [6.45, 7) is 6.63. The summed E-state index contributed by atoms with van der Waals surface area (Å²) in [5.74, 6) is 0. The molecule has 0 aromatic heterocycles. The Labute approximate surface area is 87.0 Å². The standard InChI is InChI=1S/C11H23NO2/c1-3-5-6-11(13)7-9-12(10-8-11)14-4-2/h13H,3-10H2,1-2H3. The Morgan fingerprint density at radius 1 is 1.29 bits per heavy atom. The van der Waals surface area contributed by atoms with E-state index >= 15 is 0 Å². The zero-order chi connectivity index (χ0) is 10.4. The van der Waals surface area contributed by atoms with Crippen LogP contribution in [0.5, 0.6) is 0 Å². The highest BCUT2D eigenvalue weighted by Crippen LogP contribution is 2.27. The van der Waals surface area contributed by atoms with E-state index in [1.54, 1.807) is 0 Å². The Bertz CT molecular complexity index is 153. The van der Waals surface area contributed by atoms with Crippen LogP contribution in [0.3, 0.4) is 0 Å². The van der Waals surface area contributed by atoms with Gasteiger partial charge in [0, 0.05) is 13.1 Å². The van der Waals surface area contributed by atoms with Crippen LogP contribution in [-0.2, 0) is 4.84 Å². The second-order valence-electron chi connectivity index (χ2n) is 4.17. The molecule has 1 aliphatic rings. The predicted octanol–water partition coefficient (Wildman–Crippen LogP) is 1.96. The Morgan fingerprint density at radius 2 is 1.93 bits per heavy atom. The molecule has 0 aromatic carbocycles. The van der Waals surface area contributed by atoms with Crippen LogP contribution in [0.1, 0.15) is 46.0 Å². The number of hydrogen-bond donors (Lipinski definition) is 1. The maximum Gasteiger partial charge on any atom is 0.0674 e. The van der Waals surface area contributed by atoms with Crippen molar-refractivity contribution in [1.82, 2.24) is 5.06 Å². The van der Waals surface area contributed by atoms with Crippen molar-refractivity contribution in [2.24, 2.45) is 0 Å². The second kappa shape index (κ2) is 5.69. The van der Waals surface area contributed by atoms with Gasteiger partial charge in [0.05, 0.1) is 12.2 Å². The van der Waals surface area contributed by atoms with E-state index in [0.717, 1.165) is 51.8 Å². The van der Waals surface area contributed by atoms with Crippen LogP contribution in [0.2, 0.25) is 0 Å². The van der Waals surface area contributed by atoms with E-state index in [-0.39, 0.29) is 0 Å². The van der Waals surface area contributed by atoms with Crippen LogP contribution in [0.4, 0.5) is 0 Å². The first kappa shape index (κ1) is 12.0. The number of hydrogen-bond acceptors (Lipinski definition) is 3. The summed E-state index contributed by atoms with van der Waals surface area (Å²) < 4.78 is 0. The maximum atomic E-state index is 10.2. The Hall–Kier alpha value is -0.120. The molecule has 3 heteroatoms. The number of piperidine rings is 1. The van der Waals surface area contributed by atoms with Gasteiger partial charge in [-0.2, -0.15) is 5.06 Å². The van der Waals surface area contributed by atoms with Gasteiger partial charge in [0.2, 0.25) is 0 Å². The van der Waals surface area contributed by atoms with Crippen LogP contribution in [-0.4, -0.2) is 35.5 Å². The van der Waals surface area contributed by atoms with Crippen molar-refractivity contribution in [2.75, 3.05) is 19.7 Å². The Kier molecular flexibility index (Phi) is 4.85. The molecular formula is C11H23NO2. The fourth-order valence-corrected chi connectivity index (χ4v) is 1.97. The lowest BCUT2D eigenvalue weighted by molar-refractivity contribution is -0.191. The predicted molar refractivity (Wildman–Crippen MR) is 56.9 cm³/mol. The molecule has 1 saturated heterocycles. The Morgan fingerprint density at radius 3 is 2.43 bits per heavy atom. The van der Waals surface area contributed by atoms with Crippen molar-refractivity contribution in [3.8, 4) is 0 Å². The number of unbranched alkanes of at least 4 members (excludes halogenated alkanes) is 1. The summed E-state index contributed by atoms with van der Waals surface area (Å²) in [6, 6.07) is 0. The van der Waals surface area contributed by atoms with Crippen molar-refractivity contribution >= 4 is 0 Å². The van der Waals surface area contributed by atoms with Crippen molar-refractivity contribution in [3.63, 3.8) is 0 Å². The molecule has 0 aliphatic carbocycles. The van der Waals surface area contributed by atoms with Gasteiger partial charge in [0.25, 0.3) is 0 Å². The van der Waals surface area contributed by atoms with Gasteiger partial charge in [-0.25, -0.2) is 0 Å². The lowest BCUT2D eigenvalue weighted by Crippen LogP contribution is -2.44. The van der Waals surface area contributed by atoms with E-state index < -0.39 is 5.60 Å². The highest BCUT2D eigenvalue weighted by molar-refractivity contribution is 4.83. The molecule has 1 N–H and O–H groups in total. The summed E-state index contributed by atoms with van der Waals surface area (Å²) in [5.41, 5.74) is -0.413. The van der Waals surface area contributed by atoms with E-state index in [1.807, 2.05) is 12.0 Å². The first-order valence-corrected chi connectivity index (χ1v) is 5.80. The lowest BCUT2D eigenvalue weighted by Gasteiger charge is -2.37. The molecule has 0 unspecified atom stereocenters. The van der Waals surface area contributed by atoms with E-state index in [2.05, 4.69) is 6.92 Å². The molecule has 14 heavy (non-hydrogen) atoms. The molecule has 0 radical (unpaired) electrons. The first-order valence-electron chi connectivity index (χ1n) is 5.80. The minimum atomic E-state index is -0.413. The number of nitrogens with zero attached hydrogens (tertiary/aromatic N) is 1. The maximum absolute atomic E-state index is 10.2. The second-order valence-corrected chi connectivity index (χ2v) is 4.17. The van der Waals surface area contributed by atoms with Gasteiger partial charge in [0.1, 0.15) is 0 Å². The van der Waals surface area contributed by atoms with Crippen LogP contribution in [0.15, 0.2) is 0 Å². The molecular weight excluding hydrogens is 178 g/mol. The summed E-state index contributed by atoms with van der Waals surface area (Å²) >= 11 is 0. The minimum Gasteiger partial charge on any atom is -0.390 e. The molecule has 0 bridgehead atoms. The van der Waals surface area contributed by atoms with Gasteiger partial charge in [-0.1, -0.05) is 19.8 Å². The summed E-state index contributed by atoms with van der Waals surface area (Å²) in [5, 5.41) is 12.2. The van der Waals surface area contributed by atoms with E-state index in [4.69, 9.17) is 4.84 Å². The number of aliphatic hydroxyl groups is 1. The molecule has 1 heterocycles. The van der Waals surface area contributed by atoms with Gasteiger partial charge in [-0.15, -0.1) is 0 Å². The minimum absolute atomic E-state index is 0.413. The first-order chi connectivity index (χ1) is 6.70. The van der Waals surface area contributed by atoms with E-state index in [9.17, 15) is 5.11 Å². The third kappa shape index (κ3) is 3.56. The zero-order valence-corrected chi connectivity index (χ0v) is 9.46. The average molecular weight is 201 g/mol.